The van der Waals surface area contributed by atoms with E-state index in [1.165, 1.54) is 0 Å². The molecule has 4 rings (SSSR count). The van der Waals surface area contributed by atoms with Crippen LogP contribution in [0, 0.1) is 0 Å². The summed E-state index contributed by atoms with van der Waals surface area (Å²) in [6, 6.07) is 19.9. The summed E-state index contributed by atoms with van der Waals surface area (Å²) in [7, 11) is 0. The highest BCUT2D eigenvalue weighted by Crippen LogP contribution is 2.32. The number of halogens is 2. The molecule has 1 atom stereocenters. The van der Waals surface area contributed by atoms with Gasteiger partial charge in [-0.05, 0) is 49.4 Å². The molecule has 1 heterocycles. The van der Waals surface area contributed by atoms with Crippen molar-refractivity contribution < 1.29 is 13.9 Å². The average molecular weight is 427 g/mol. The number of fused-ring (bicyclic) bond motifs is 1. The number of anilines is 1. The molecule has 3 aromatic carbocycles. The molecular weight excluding hydrogens is 411 g/mol. The highest BCUT2D eigenvalue weighted by atomic mass is 35.5. The van der Waals surface area contributed by atoms with Crippen molar-refractivity contribution in [3.05, 3.63) is 76.8 Å². The van der Waals surface area contributed by atoms with Gasteiger partial charge in [0.1, 0.15) is 16.3 Å². The zero-order valence-corrected chi connectivity index (χ0v) is 16.9. The second-order valence-corrected chi connectivity index (χ2v) is 7.15. The van der Waals surface area contributed by atoms with Crippen molar-refractivity contribution in [2.45, 2.75) is 13.0 Å². The molecule has 0 fully saturated rings. The molecular formula is C22H16Cl2N2O3. The average Bonchev–Trinajstić information content (AvgIpc) is 3.15. The molecule has 4 aromatic rings. The Morgan fingerprint density at radius 2 is 1.86 bits per heavy atom. The number of benzene rings is 3. The Morgan fingerprint density at radius 1 is 1.07 bits per heavy atom. The third kappa shape index (κ3) is 4.21. The van der Waals surface area contributed by atoms with E-state index in [-0.39, 0.29) is 10.9 Å². The third-order valence-corrected chi connectivity index (χ3v) is 5.07. The summed E-state index contributed by atoms with van der Waals surface area (Å²) in [6.07, 6.45) is -0.779. The van der Waals surface area contributed by atoms with Crippen LogP contribution in [-0.2, 0) is 4.79 Å². The molecule has 29 heavy (non-hydrogen) atoms. The molecule has 1 N–H and O–H groups in total. The lowest BCUT2D eigenvalue weighted by Gasteiger charge is -2.16. The summed E-state index contributed by atoms with van der Waals surface area (Å²) in [5.74, 6) is 0.546. The second kappa shape index (κ2) is 8.15. The number of ether oxygens (including phenoxy) is 1. The van der Waals surface area contributed by atoms with Crippen molar-refractivity contribution in [2.75, 3.05) is 5.32 Å². The lowest BCUT2D eigenvalue weighted by Crippen LogP contribution is -2.30. The normalized spacial score (nSPS) is 12.0. The summed E-state index contributed by atoms with van der Waals surface area (Å²) < 4.78 is 11.4. The van der Waals surface area contributed by atoms with Crippen molar-refractivity contribution in [1.82, 2.24) is 4.98 Å². The number of carbonyl (C=O) groups excluding carboxylic acids is 1. The number of hydrogen-bond donors (Lipinski definition) is 1. The van der Waals surface area contributed by atoms with E-state index in [4.69, 9.17) is 32.4 Å². The minimum absolute atomic E-state index is 0.270. The molecule has 0 aliphatic carbocycles. The van der Waals surface area contributed by atoms with E-state index in [1.54, 1.807) is 43.3 Å². The topological polar surface area (TPSA) is 64.4 Å². The molecule has 0 radical (unpaired) electrons. The highest BCUT2D eigenvalue weighted by molar-refractivity contribution is 6.42. The fourth-order valence-corrected chi connectivity index (χ4v) is 3.11. The van der Waals surface area contributed by atoms with Gasteiger partial charge in [-0.1, -0.05) is 47.5 Å². The molecule has 0 aliphatic heterocycles. The van der Waals surface area contributed by atoms with Gasteiger partial charge in [-0.25, -0.2) is 4.98 Å². The number of nitrogens with one attached hydrogen (secondary N) is 1. The molecule has 0 bridgehead atoms. The van der Waals surface area contributed by atoms with E-state index in [1.807, 2.05) is 30.3 Å². The molecule has 146 valence electrons. The van der Waals surface area contributed by atoms with Crippen LogP contribution >= 0.6 is 23.2 Å². The van der Waals surface area contributed by atoms with Crippen LogP contribution in [0.25, 0.3) is 22.6 Å². The number of amides is 1. The standard InChI is InChI=1S/C22H16Cl2N2O3/c1-13(28-19-9-5-8-16(23)20(19)24)21(27)25-15-10-11-18-17(12-15)26-22(29-18)14-6-3-2-4-7-14/h2-13H,1H3,(H,25,27)/t13-/m0/s1. The van der Waals surface area contributed by atoms with Gasteiger partial charge in [-0.2, -0.15) is 0 Å². The second-order valence-electron chi connectivity index (χ2n) is 6.37. The van der Waals surface area contributed by atoms with Gasteiger partial charge >= 0.3 is 0 Å². The fourth-order valence-electron chi connectivity index (χ4n) is 2.77. The van der Waals surface area contributed by atoms with Crippen molar-refractivity contribution in [2.24, 2.45) is 0 Å². The number of oxazole rings is 1. The van der Waals surface area contributed by atoms with Crippen LogP contribution in [-0.4, -0.2) is 17.0 Å². The van der Waals surface area contributed by atoms with Crippen LogP contribution < -0.4 is 10.1 Å². The molecule has 0 saturated heterocycles. The van der Waals surface area contributed by atoms with Crippen LogP contribution in [0.1, 0.15) is 6.92 Å². The Bertz CT molecular complexity index is 1180. The van der Waals surface area contributed by atoms with Gasteiger partial charge in [0.05, 0.1) is 5.02 Å². The Kier molecular flexibility index (Phi) is 5.43. The Balaban J connectivity index is 1.49. The minimum atomic E-state index is -0.779. The molecule has 1 amide bonds. The lowest BCUT2D eigenvalue weighted by atomic mass is 10.2. The van der Waals surface area contributed by atoms with E-state index in [0.29, 0.717) is 33.4 Å². The van der Waals surface area contributed by atoms with E-state index in [0.717, 1.165) is 5.56 Å². The number of aromatic nitrogens is 1. The summed E-state index contributed by atoms with van der Waals surface area (Å²) in [4.78, 5) is 17.0. The van der Waals surface area contributed by atoms with Crippen molar-refractivity contribution in [3.63, 3.8) is 0 Å². The van der Waals surface area contributed by atoms with Crippen LogP contribution in [0.3, 0.4) is 0 Å². The van der Waals surface area contributed by atoms with Gasteiger partial charge in [0.15, 0.2) is 11.7 Å². The maximum Gasteiger partial charge on any atom is 0.265 e. The van der Waals surface area contributed by atoms with E-state index in [9.17, 15) is 4.79 Å². The molecule has 0 aliphatic rings. The van der Waals surface area contributed by atoms with Crippen molar-refractivity contribution >= 4 is 45.9 Å². The zero-order valence-electron chi connectivity index (χ0n) is 15.4. The molecule has 1 aromatic heterocycles. The zero-order chi connectivity index (χ0) is 20.4. The molecule has 0 saturated carbocycles. The van der Waals surface area contributed by atoms with Crippen LogP contribution in [0.4, 0.5) is 5.69 Å². The van der Waals surface area contributed by atoms with Crippen LogP contribution in [0.15, 0.2) is 71.1 Å². The first kappa shape index (κ1) is 19.3. The Labute approximate surface area is 177 Å². The first-order chi connectivity index (χ1) is 14.0. The summed E-state index contributed by atoms with van der Waals surface area (Å²) >= 11 is 12.1. The number of carbonyl (C=O) groups is 1. The number of hydrogen-bond acceptors (Lipinski definition) is 4. The van der Waals surface area contributed by atoms with Gasteiger partial charge in [-0.3, -0.25) is 4.79 Å². The van der Waals surface area contributed by atoms with Crippen LogP contribution in [0.2, 0.25) is 10.0 Å². The SMILES string of the molecule is C[C@H](Oc1cccc(Cl)c1Cl)C(=O)Nc1ccc2oc(-c3ccccc3)nc2c1. The maximum absolute atomic E-state index is 12.5. The monoisotopic (exact) mass is 426 g/mol. The predicted molar refractivity (Wildman–Crippen MR) is 115 cm³/mol. The van der Waals surface area contributed by atoms with E-state index in [2.05, 4.69) is 10.3 Å². The number of rotatable bonds is 5. The summed E-state index contributed by atoms with van der Waals surface area (Å²) in [5, 5.41) is 3.45. The molecule has 7 heteroatoms. The smallest absolute Gasteiger partial charge is 0.265 e. The largest absolute Gasteiger partial charge is 0.479 e. The van der Waals surface area contributed by atoms with E-state index < -0.39 is 6.10 Å². The van der Waals surface area contributed by atoms with Gasteiger partial charge < -0.3 is 14.5 Å². The Hall–Kier alpha value is -3.02. The maximum atomic E-state index is 12.5. The quantitative estimate of drug-likeness (QED) is 0.412. The highest BCUT2D eigenvalue weighted by Gasteiger charge is 2.18. The van der Waals surface area contributed by atoms with Crippen molar-refractivity contribution in [1.29, 1.82) is 0 Å². The lowest BCUT2D eigenvalue weighted by molar-refractivity contribution is -0.122. The molecule has 0 spiro atoms. The summed E-state index contributed by atoms with van der Waals surface area (Å²) in [5.41, 5.74) is 2.75. The molecule has 5 nitrogen and oxygen atoms in total. The first-order valence-corrected chi connectivity index (χ1v) is 9.64. The van der Waals surface area contributed by atoms with E-state index >= 15 is 0 Å². The predicted octanol–water partition coefficient (Wildman–Crippen LogP) is 6.21. The van der Waals surface area contributed by atoms with Gasteiger partial charge in [0.2, 0.25) is 5.89 Å². The third-order valence-electron chi connectivity index (χ3n) is 4.26. The van der Waals surface area contributed by atoms with Gasteiger partial charge in [0, 0.05) is 11.3 Å². The first-order valence-electron chi connectivity index (χ1n) is 8.89. The number of nitrogens with zero attached hydrogens (tertiary/aromatic N) is 1. The van der Waals surface area contributed by atoms with Gasteiger partial charge in [-0.15, -0.1) is 0 Å². The van der Waals surface area contributed by atoms with Crippen molar-refractivity contribution in [3.8, 4) is 17.2 Å². The van der Waals surface area contributed by atoms with Gasteiger partial charge in [0.25, 0.3) is 5.91 Å². The minimum Gasteiger partial charge on any atom is -0.479 e. The van der Waals surface area contributed by atoms with Crippen LogP contribution in [0.5, 0.6) is 5.75 Å². The Morgan fingerprint density at radius 3 is 2.66 bits per heavy atom. The summed E-state index contributed by atoms with van der Waals surface area (Å²) in [6.45, 7) is 1.63. The fraction of sp³-hybridized carbons (Fsp3) is 0.0909. The molecule has 0 unspecified atom stereocenters.